The summed E-state index contributed by atoms with van der Waals surface area (Å²) in [4.78, 5) is 11.4. The van der Waals surface area contributed by atoms with Crippen molar-refractivity contribution in [3.8, 4) is 0 Å². The van der Waals surface area contributed by atoms with Crippen molar-refractivity contribution in [1.29, 1.82) is 0 Å². The highest BCUT2D eigenvalue weighted by atomic mass is 16.5. The Morgan fingerprint density at radius 3 is 2.79 bits per heavy atom. The van der Waals surface area contributed by atoms with Crippen molar-refractivity contribution in [2.24, 2.45) is 11.7 Å². The fourth-order valence-electron chi connectivity index (χ4n) is 1.85. The van der Waals surface area contributed by atoms with Gasteiger partial charge in [-0.05, 0) is 18.8 Å². The van der Waals surface area contributed by atoms with Crippen LogP contribution < -0.4 is 11.1 Å². The van der Waals surface area contributed by atoms with E-state index in [2.05, 4.69) is 5.32 Å². The molecule has 1 aliphatic rings. The Balaban J connectivity index is 2.13. The third-order valence-corrected chi connectivity index (χ3v) is 2.72. The molecule has 1 saturated carbocycles. The molecule has 1 aliphatic carbocycles. The fraction of sp³-hybridized carbons (Fsp3) is 0.900. The van der Waals surface area contributed by atoms with E-state index in [9.17, 15) is 4.79 Å². The van der Waals surface area contributed by atoms with Gasteiger partial charge in [-0.2, -0.15) is 0 Å². The van der Waals surface area contributed by atoms with Gasteiger partial charge in [-0.1, -0.05) is 12.8 Å². The standard InChI is InChI=1S/C10H20N2O2/c1-14-7-9(11)10(13)12-6-8-4-2-3-5-8/h8-9H,2-7,11H2,1H3,(H,12,13). The first-order valence-electron chi connectivity index (χ1n) is 5.26. The van der Waals surface area contributed by atoms with Crippen LogP contribution >= 0.6 is 0 Å². The molecule has 1 rings (SSSR count). The van der Waals surface area contributed by atoms with Crippen LogP contribution in [0.5, 0.6) is 0 Å². The molecule has 0 radical (unpaired) electrons. The molecule has 0 saturated heterocycles. The third-order valence-electron chi connectivity index (χ3n) is 2.72. The molecular formula is C10H20N2O2. The predicted molar refractivity (Wildman–Crippen MR) is 54.8 cm³/mol. The average Bonchev–Trinajstić information content (AvgIpc) is 2.67. The van der Waals surface area contributed by atoms with Crippen molar-refractivity contribution < 1.29 is 9.53 Å². The van der Waals surface area contributed by atoms with Crippen LogP contribution in [-0.4, -0.2) is 32.2 Å². The highest BCUT2D eigenvalue weighted by Crippen LogP contribution is 2.23. The quantitative estimate of drug-likeness (QED) is 0.669. The van der Waals surface area contributed by atoms with Gasteiger partial charge in [-0.3, -0.25) is 4.79 Å². The van der Waals surface area contributed by atoms with Crippen LogP contribution in [0.15, 0.2) is 0 Å². The van der Waals surface area contributed by atoms with E-state index in [1.54, 1.807) is 7.11 Å². The summed E-state index contributed by atoms with van der Waals surface area (Å²) in [5.74, 6) is 0.562. The van der Waals surface area contributed by atoms with E-state index >= 15 is 0 Å². The summed E-state index contributed by atoms with van der Waals surface area (Å²) in [6.07, 6.45) is 5.06. The predicted octanol–water partition coefficient (Wildman–Crippen LogP) is 0.267. The van der Waals surface area contributed by atoms with Crippen molar-refractivity contribution in [1.82, 2.24) is 5.32 Å². The van der Waals surface area contributed by atoms with Crippen LogP contribution in [0.3, 0.4) is 0 Å². The SMILES string of the molecule is COCC(N)C(=O)NCC1CCCC1. The molecule has 0 aromatic heterocycles. The van der Waals surface area contributed by atoms with Gasteiger partial charge in [-0.15, -0.1) is 0 Å². The number of methoxy groups -OCH3 is 1. The lowest BCUT2D eigenvalue weighted by molar-refractivity contribution is -0.123. The van der Waals surface area contributed by atoms with Gasteiger partial charge in [0, 0.05) is 13.7 Å². The van der Waals surface area contributed by atoms with E-state index in [0.717, 1.165) is 6.54 Å². The third kappa shape index (κ3) is 3.64. The lowest BCUT2D eigenvalue weighted by Crippen LogP contribution is -2.44. The molecule has 0 aliphatic heterocycles. The molecule has 3 N–H and O–H groups in total. The van der Waals surface area contributed by atoms with Gasteiger partial charge >= 0.3 is 0 Å². The first-order valence-corrected chi connectivity index (χ1v) is 5.26. The number of nitrogens with one attached hydrogen (secondary N) is 1. The van der Waals surface area contributed by atoms with Crippen molar-refractivity contribution in [3.63, 3.8) is 0 Å². The minimum absolute atomic E-state index is 0.0984. The molecule has 0 bridgehead atoms. The van der Waals surface area contributed by atoms with Crippen molar-refractivity contribution in [3.05, 3.63) is 0 Å². The summed E-state index contributed by atoms with van der Waals surface area (Å²) in [5, 5.41) is 2.87. The minimum atomic E-state index is -0.526. The summed E-state index contributed by atoms with van der Waals surface area (Å²) in [6.45, 7) is 1.06. The van der Waals surface area contributed by atoms with E-state index < -0.39 is 6.04 Å². The highest BCUT2D eigenvalue weighted by molar-refractivity contribution is 5.81. The number of hydrogen-bond donors (Lipinski definition) is 2. The number of rotatable bonds is 5. The van der Waals surface area contributed by atoms with Crippen LogP contribution in [0, 0.1) is 5.92 Å². The minimum Gasteiger partial charge on any atom is -0.383 e. The lowest BCUT2D eigenvalue weighted by Gasteiger charge is -2.14. The van der Waals surface area contributed by atoms with Gasteiger partial charge in [0.15, 0.2) is 0 Å². The fourth-order valence-corrected chi connectivity index (χ4v) is 1.85. The molecule has 82 valence electrons. The lowest BCUT2D eigenvalue weighted by atomic mass is 10.1. The first-order chi connectivity index (χ1) is 6.74. The van der Waals surface area contributed by atoms with Crippen molar-refractivity contribution in [2.75, 3.05) is 20.3 Å². The monoisotopic (exact) mass is 200 g/mol. The van der Waals surface area contributed by atoms with Gasteiger partial charge in [0.05, 0.1) is 6.61 Å². The molecule has 0 heterocycles. The van der Waals surface area contributed by atoms with Gasteiger partial charge < -0.3 is 15.8 Å². The second-order valence-corrected chi connectivity index (χ2v) is 3.96. The molecule has 1 unspecified atom stereocenters. The highest BCUT2D eigenvalue weighted by Gasteiger charge is 2.18. The Bertz CT molecular complexity index is 179. The topological polar surface area (TPSA) is 64.3 Å². The maximum atomic E-state index is 11.4. The van der Waals surface area contributed by atoms with Crippen molar-refractivity contribution in [2.45, 2.75) is 31.7 Å². The molecule has 4 heteroatoms. The Hall–Kier alpha value is -0.610. The summed E-state index contributed by atoms with van der Waals surface area (Å²) < 4.78 is 4.81. The van der Waals surface area contributed by atoms with E-state index in [-0.39, 0.29) is 12.5 Å². The molecular weight excluding hydrogens is 180 g/mol. The number of amides is 1. The molecule has 1 fully saturated rings. The number of nitrogens with two attached hydrogens (primary N) is 1. The summed E-state index contributed by atoms with van der Waals surface area (Å²) in [6, 6.07) is -0.526. The average molecular weight is 200 g/mol. The second kappa shape index (κ2) is 5.98. The van der Waals surface area contributed by atoms with E-state index in [1.807, 2.05) is 0 Å². The molecule has 1 amide bonds. The number of carbonyl (C=O) groups is 1. The zero-order valence-electron chi connectivity index (χ0n) is 8.79. The maximum absolute atomic E-state index is 11.4. The Kier molecular flexibility index (Phi) is 4.90. The Morgan fingerprint density at radius 2 is 2.21 bits per heavy atom. The largest absolute Gasteiger partial charge is 0.383 e. The molecule has 0 aromatic carbocycles. The Labute approximate surface area is 85.2 Å². The molecule has 14 heavy (non-hydrogen) atoms. The van der Waals surface area contributed by atoms with E-state index in [4.69, 9.17) is 10.5 Å². The number of hydrogen-bond acceptors (Lipinski definition) is 3. The normalized spacial score (nSPS) is 19.6. The van der Waals surface area contributed by atoms with Gasteiger partial charge in [0.1, 0.15) is 6.04 Å². The van der Waals surface area contributed by atoms with Crippen LogP contribution in [-0.2, 0) is 9.53 Å². The van der Waals surface area contributed by atoms with Crippen LogP contribution in [0.25, 0.3) is 0 Å². The number of ether oxygens (including phenoxy) is 1. The van der Waals surface area contributed by atoms with Gasteiger partial charge in [-0.25, -0.2) is 0 Å². The summed E-state index contributed by atoms with van der Waals surface area (Å²) in [5.41, 5.74) is 5.58. The molecule has 0 aromatic rings. The zero-order chi connectivity index (χ0) is 10.4. The zero-order valence-corrected chi connectivity index (χ0v) is 8.79. The molecule has 1 atom stereocenters. The van der Waals surface area contributed by atoms with Gasteiger partial charge in [0.25, 0.3) is 0 Å². The molecule has 0 spiro atoms. The first kappa shape index (κ1) is 11.5. The van der Waals surface area contributed by atoms with E-state index in [1.165, 1.54) is 25.7 Å². The molecule has 4 nitrogen and oxygen atoms in total. The van der Waals surface area contributed by atoms with Gasteiger partial charge in [0.2, 0.25) is 5.91 Å². The van der Waals surface area contributed by atoms with Crippen LogP contribution in [0.4, 0.5) is 0 Å². The van der Waals surface area contributed by atoms with Crippen LogP contribution in [0.1, 0.15) is 25.7 Å². The Morgan fingerprint density at radius 1 is 1.57 bits per heavy atom. The summed E-state index contributed by atoms with van der Waals surface area (Å²) >= 11 is 0. The second-order valence-electron chi connectivity index (χ2n) is 3.96. The van der Waals surface area contributed by atoms with Crippen molar-refractivity contribution >= 4 is 5.91 Å². The summed E-state index contributed by atoms with van der Waals surface area (Å²) in [7, 11) is 1.55. The smallest absolute Gasteiger partial charge is 0.239 e. The van der Waals surface area contributed by atoms with Crippen LogP contribution in [0.2, 0.25) is 0 Å². The maximum Gasteiger partial charge on any atom is 0.239 e. The van der Waals surface area contributed by atoms with E-state index in [0.29, 0.717) is 5.92 Å². The number of carbonyl (C=O) groups excluding carboxylic acids is 1.